The van der Waals surface area contributed by atoms with E-state index in [2.05, 4.69) is 18.2 Å². The van der Waals surface area contributed by atoms with Crippen molar-refractivity contribution in [2.45, 2.75) is 25.3 Å². The number of hydrogen-bond donors (Lipinski definition) is 1. The van der Waals surface area contributed by atoms with Gasteiger partial charge in [-0.1, -0.05) is 42.5 Å². The van der Waals surface area contributed by atoms with Crippen molar-refractivity contribution in [3.8, 4) is 0 Å². The van der Waals surface area contributed by atoms with Crippen LogP contribution in [0.25, 0.3) is 10.8 Å². The molecule has 0 aliphatic heterocycles. The molecule has 1 aliphatic rings. The molecule has 2 aromatic rings. The summed E-state index contributed by atoms with van der Waals surface area (Å²) >= 11 is 0. The highest BCUT2D eigenvalue weighted by molar-refractivity contribution is 5.90. The van der Waals surface area contributed by atoms with E-state index in [0.29, 0.717) is 25.6 Å². The lowest BCUT2D eigenvalue weighted by molar-refractivity contribution is -0.130. The first-order valence-corrected chi connectivity index (χ1v) is 7.26. The smallest absolute Gasteiger partial charge is 0.227 e. The Morgan fingerprint density at radius 2 is 1.90 bits per heavy atom. The first-order chi connectivity index (χ1) is 9.79. The fraction of sp³-hybridized carbons (Fsp3) is 0.353. The van der Waals surface area contributed by atoms with E-state index in [0.717, 1.165) is 18.4 Å². The maximum Gasteiger partial charge on any atom is 0.227 e. The second-order valence-electron chi connectivity index (χ2n) is 5.42. The molecule has 0 heterocycles. The van der Waals surface area contributed by atoms with Gasteiger partial charge in [0, 0.05) is 19.1 Å². The van der Waals surface area contributed by atoms with Crippen molar-refractivity contribution in [1.29, 1.82) is 0 Å². The van der Waals surface area contributed by atoms with Crippen LogP contribution >= 0.6 is 0 Å². The maximum absolute atomic E-state index is 12.5. The van der Waals surface area contributed by atoms with E-state index in [1.54, 1.807) is 0 Å². The average molecular weight is 268 g/mol. The molecule has 3 heteroatoms. The summed E-state index contributed by atoms with van der Waals surface area (Å²) in [6.07, 6.45) is 2.72. The molecule has 2 aromatic carbocycles. The second-order valence-corrected chi connectivity index (χ2v) is 5.42. The predicted octanol–water partition coefficient (Wildman–Crippen LogP) is 2.33. The molecule has 3 rings (SSSR count). The molecular weight excluding hydrogens is 248 g/mol. The van der Waals surface area contributed by atoms with E-state index in [4.69, 9.17) is 5.73 Å². The van der Waals surface area contributed by atoms with Crippen molar-refractivity contribution < 1.29 is 4.79 Å². The van der Waals surface area contributed by atoms with Crippen molar-refractivity contribution in [2.24, 2.45) is 5.73 Å². The lowest BCUT2D eigenvalue weighted by Gasteiger charge is -2.22. The van der Waals surface area contributed by atoms with Gasteiger partial charge in [0.1, 0.15) is 0 Å². The minimum Gasteiger partial charge on any atom is -0.338 e. The Balaban J connectivity index is 1.83. The molecule has 0 saturated heterocycles. The Morgan fingerprint density at radius 1 is 1.15 bits per heavy atom. The van der Waals surface area contributed by atoms with Crippen LogP contribution in [0.2, 0.25) is 0 Å². The fourth-order valence-electron chi connectivity index (χ4n) is 2.75. The third kappa shape index (κ3) is 2.68. The van der Waals surface area contributed by atoms with Crippen LogP contribution in [0.4, 0.5) is 0 Å². The summed E-state index contributed by atoms with van der Waals surface area (Å²) in [5.74, 6) is 0.203. The van der Waals surface area contributed by atoms with Gasteiger partial charge in [0.05, 0.1) is 6.42 Å². The molecule has 104 valence electrons. The van der Waals surface area contributed by atoms with Gasteiger partial charge >= 0.3 is 0 Å². The minimum atomic E-state index is 0.203. The highest BCUT2D eigenvalue weighted by Crippen LogP contribution is 2.28. The standard InChI is InChI=1S/C17H20N2O/c18-10-11-19(15-8-9-15)17(20)12-14-6-3-5-13-4-1-2-7-16(13)14/h1-7,15H,8-12,18H2. The Hall–Kier alpha value is -1.87. The van der Waals surface area contributed by atoms with Crippen molar-refractivity contribution in [2.75, 3.05) is 13.1 Å². The van der Waals surface area contributed by atoms with E-state index in [-0.39, 0.29) is 5.91 Å². The zero-order chi connectivity index (χ0) is 13.9. The number of benzene rings is 2. The third-order valence-corrected chi connectivity index (χ3v) is 3.90. The number of amides is 1. The van der Waals surface area contributed by atoms with Gasteiger partial charge in [-0.05, 0) is 29.2 Å². The Morgan fingerprint density at radius 3 is 2.65 bits per heavy atom. The molecule has 1 saturated carbocycles. The highest BCUT2D eigenvalue weighted by atomic mass is 16.2. The van der Waals surface area contributed by atoms with Crippen LogP contribution in [0.1, 0.15) is 18.4 Å². The largest absolute Gasteiger partial charge is 0.338 e. The molecule has 0 aromatic heterocycles. The summed E-state index contributed by atoms with van der Waals surface area (Å²) in [5, 5.41) is 2.36. The maximum atomic E-state index is 12.5. The quantitative estimate of drug-likeness (QED) is 0.904. The highest BCUT2D eigenvalue weighted by Gasteiger charge is 2.31. The van der Waals surface area contributed by atoms with Crippen molar-refractivity contribution in [3.05, 3.63) is 48.0 Å². The van der Waals surface area contributed by atoms with Gasteiger partial charge in [-0.3, -0.25) is 4.79 Å². The summed E-state index contributed by atoms with van der Waals surface area (Å²) in [6, 6.07) is 14.8. The van der Waals surface area contributed by atoms with Crippen LogP contribution < -0.4 is 5.73 Å². The van der Waals surface area contributed by atoms with Crippen LogP contribution in [-0.4, -0.2) is 29.9 Å². The van der Waals surface area contributed by atoms with Crippen LogP contribution in [0.5, 0.6) is 0 Å². The van der Waals surface area contributed by atoms with Crippen molar-refractivity contribution >= 4 is 16.7 Å². The van der Waals surface area contributed by atoms with Gasteiger partial charge in [-0.25, -0.2) is 0 Å². The minimum absolute atomic E-state index is 0.203. The first-order valence-electron chi connectivity index (χ1n) is 7.26. The lowest BCUT2D eigenvalue weighted by Crippen LogP contribution is -2.38. The van der Waals surface area contributed by atoms with Gasteiger partial charge in [0.25, 0.3) is 0 Å². The molecule has 20 heavy (non-hydrogen) atoms. The summed E-state index contributed by atoms with van der Waals surface area (Å²) in [4.78, 5) is 14.5. The first kappa shape index (κ1) is 13.1. The zero-order valence-electron chi connectivity index (χ0n) is 11.6. The average Bonchev–Trinajstić information content (AvgIpc) is 3.29. The number of hydrogen-bond acceptors (Lipinski definition) is 2. The summed E-state index contributed by atoms with van der Waals surface area (Å²) in [5.41, 5.74) is 6.73. The third-order valence-electron chi connectivity index (χ3n) is 3.90. The van der Waals surface area contributed by atoms with Gasteiger partial charge in [-0.15, -0.1) is 0 Å². The molecule has 1 fully saturated rings. The molecule has 1 amide bonds. The molecule has 1 aliphatic carbocycles. The molecule has 0 radical (unpaired) electrons. The van der Waals surface area contributed by atoms with Crippen LogP contribution in [0, 0.1) is 0 Å². The SMILES string of the molecule is NCCN(C(=O)Cc1cccc2ccccc12)C1CC1. The molecule has 0 spiro atoms. The van der Waals surface area contributed by atoms with E-state index < -0.39 is 0 Å². The lowest BCUT2D eigenvalue weighted by atomic mass is 10.0. The summed E-state index contributed by atoms with van der Waals surface area (Å²) < 4.78 is 0. The molecule has 3 nitrogen and oxygen atoms in total. The van der Waals surface area contributed by atoms with Gasteiger partial charge in [0.2, 0.25) is 5.91 Å². The monoisotopic (exact) mass is 268 g/mol. The molecule has 0 unspecified atom stereocenters. The molecular formula is C17H20N2O. The number of carbonyl (C=O) groups excluding carboxylic acids is 1. The topological polar surface area (TPSA) is 46.3 Å². The molecule has 0 atom stereocenters. The van der Waals surface area contributed by atoms with Crippen molar-refractivity contribution in [3.63, 3.8) is 0 Å². The number of nitrogens with two attached hydrogens (primary N) is 1. The predicted molar refractivity (Wildman–Crippen MR) is 81.4 cm³/mol. The number of nitrogens with zero attached hydrogens (tertiary/aromatic N) is 1. The Labute approximate surface area is 119 Å². The van der Waals surface area contributed by atoms with E-state index in [1.165, 1.54) is 10.8 Å². The normalized spacial score (nSPS) is 14.4. The fourth-order valence-corrected chi connectivity index (χ4v) is 2.75. The van der Waals surface area contributed by atoms with Crippen LogP contribution in [0.15, 0.2) is 42.5 Å². The summed E-state index contributed by atoms with van der Waals surface area (Å²) in [7, 11) is 0. The van der Waals surface area contributed by atoms with Gasteiger partial charge in [0.15, 0.2) is 0 Å². The zero-order valence-corrected chi connectivity index (χ0v) is 11.6. The number of rotatable bonds is 5. The Bertz CT molecular complexity index is 614. The second kappa shape index (κ2) is 5.63. The molecule has 0 bridgehead atoms. The Kier molecular flexibility index (Phi) is 3.70. The number of carbonyl (C=O) groups is 1. The van der Waals surface area contributed by atoms with E-state index >= 15 is 0 Å². The van der Waals surface area contributed by atoms with E-state index in [1.807, 2.05) is 29.2 Å². The van der Waals surface area contributed by atoms with Crippen LogP contribution in [0.3, 0.4) is 0 Å². The summed E-state index contributed by atoms with van der Waals surface area (Å²) in [6.45, 7) is 1.21. The molecule has 2 N–H and O–H groups in total. The van der Waals surface area contributed by atoms with E-state index in [9.17, 15) is 4.79 Å². The van der Waals surface area contributed by atoms with Crippen molar-refractivity contribution in [1.82, 2.24) is 4.90 Å². The van der Waals surface area contributed by atoms with Crippen LogP contribution in [-0.2, 0) is 11.2 Å². The number of fused-ring (bicyclic) bond motifs is 1. The van der Waals surface area contributed by atoms with Gasteiger partial charge in [-0.2, -0.15) is 0 Å². The van der Waals surface area contributed by atoms with Gasteiger partial charge < -0.3 is 10.6 Å².